The zero-order chi connectivity index (χ0) is 12.1. The number of allylic oxidation sites excluding steroid dienone is 1. The number of rotatable bonds is 2. The predicted octanol–water partition coefficient (Wildman–Crippen LogP) is 3.31. The van der Waals surface area contributed by atoms with Gasteiger partial charge < -0.3 is 9.47 Å². The molecule has 4 aliphatic rings. The molecule has 2 heteroatoms. The molecule has 2 aliphatic heterocycles. The zero-order valence-electron chi connectivity index (χ0n) is 11.1. The van der Waals surface area contributed by atoms with Crippen molar-refractivity contribution < 1.29 is 9.47 Å². The smallest absolute Gasteiger partial charge is 0.0844 e. The third-order valence-corrected chi connectivity index (χ3v) is 5.72. The molecule has 0 radical (unpaired) electrons. The van der Waals surface area contributed by atoms with Crippen LogP contribution in [0.5, 0.6) is 0 Å². The third kappa shape index (κ3) is 2.04. The summed E-state index contributed by atoms with van der Waals surface area (Å²) in [5.41, 5.74) is 0. The third-order valence-electron chi connectivity index (χ3n) is 5.72. The molecular weight excluding hydrogens is 224 g/mol. The fourth-order valence-electron chi connectivity index (χ4n) is 4.52. The largest absolute Gasteiger partial charge is 0.370 e. The first-order chi connectivity index (χ1) is 8.85. The fourth-order valence-corrected chi connectivity index (χ4v) is 4.52. The monoisotopic (exact) mass is 248 g/mol. The molecule has 18 heavy (non-hydrogen) atoms. The van der Waals surface area contributed by atoms with Crippen molar-refractivity contribution in [2.45, 2.75) is 69.4 Å². The first kappa shape index (κ1) is 11.5. The standard InChI is InChI=1S/C16H24O2/c1-2-10-6-7-14-16(18-14)9-12(10)11-4-3-5-13-15(8-11)17-13/h2,10-16H,1,3-9H2. The Bertz CT molecular complexity index is 340. The molecule has 2 saturated carbocycles. The minimum Gasteiger partial charge on any atom is -0.370 e. The minimum atomic E-state index is 0.583. The van der Waals surface area contributed by atoms with Gasteiger partial charge in [-0.05, 0) is 56.3 Å². The Morgan fingerprint density at radius 1 is 0.833 bits per heavy atom. The molecule has 100 valence electrons. The van der Waals surface area contributed by atoms with E-state index in [4.69, 9.17) is 9.47 Å². The average molecular weight is 248 g/mol. The Labute approximate surface area is 110 Å². The number of ether oxygens (including phenoxy) is 2. The molecule has 4 fully saturated rings. The average Bonchev–Trinajstić information content (AvgIpc) is 3.20. The van der Waals surface area contributed by atoms with E-state index in [0.29, 0.717) is 24.4 Å². The highest BCUT2D eigenvalue weighted by Crippen LogP contribution is 2.48. The van der Waals surface area contributed by atoms with E-state index in [2.05, 4.69) is 12.7 Å². The van der Waals surface area contributed by atoms with Crippen LogP contribution < -0.4 is 0 Å². The van der Waals surface area contributed by atoms with Gasteiger partial charge in [-0.15, -0.1) is 6.58 Å². The maximum atomic E-state index is 5.77. The number of epoxide rings is 2. The molecular formula is C16H24O2. The van der Waals surface area contributed by atoms with Crippen molar-refractivity contribution in [3.05, 3.63) is 12.7 Å². The van der Waals surface area contributed by atoms with Gasteiger partial charge in [-0.3, -0.25) is 0 Å². The number of fused-ring (bicyclic) bond motifs is 2. The highest BCUT2D eigenvalue weighted by Gasteiger charge is 2.49. The summed E-state index contributed by atoms with van der Waals surface area (Å²) in [4.78, 5) is 0. The maximum Gasteiger partial charge on any atom is 0.0844 e. The summed E-state index contributed by atoms with van der Waals surface area (Å²) in [6.45, 7) is 4.09. The van der Waals surface area contributed by atoms with Crippen molar-refractivity contribution in [2.24, 2.45) is 17.8 Å². The molecule has 0 aromatic heterocycles. The Kier molecular flexibility index (Phi) is 2.77. The molecule has 0 bridgehead atoms. The van der Waals surface area contributed by atoms with Crippen LogP contribution in [0.4, 0.5) is 0 Å². The lowest BCUT2D eigenvalue weighted by Crippen LogP contribution is -2.24. The fraction of sp³-hybridized carbons (Fsp3) is 0.875. The Hall–Kier alpha value is -0.340. The van der Waals surface area contributed by atoms with Crippen molar-refractivity contribution >= 4 is 0 Å². The van der Waals surface area contributed by atoms with Gasteiger partial charge in [0.1, 0.15) is 0 Å². The molecule has 0 amide bonds. The summed E-state index contributed by atoms with van der Waals surface area (Å²) in [6, 6.07) is 0. The van der Waals surface area contributed by atoms with Crippen LogP contribution in [0.2, 0.25) is 0 Å². The molecule has 7 atom stereocenters. The van der Waals surface area contributed by atoms with Gasteiger partial charge >= 0.3 is 0 Å². The van der Waals surface area contributed by atoms with E-state index >= 15 is 0 Å². The van der Waals surface area contributed by atoms with E-state index < -0.39 is 0 Å². The molecule has 0 aromatic carbocycles. The normalized spacial score (nSPS) is 54.6. The molecule has 2 heterocycles. The van der Waals surface area contributed by atoms with Gasteiger partial charge in [0.2, 0.25) is 0 Å². The van der Waals surface area contributed by atoms with Crippen molar-refractivity contribution in [3.63, 3.8) is 0 Å². The molecule has 0 aromatic rings. The minimum absolute atomic E-state index is 0.583. The van der Waals surface area contributed by atoms with Gasteiger partial charge in [-0.25, -0.2) is 0 Å². The van der Waals surface area contributed by atoms with Gasteiger partial charge in [0.05, 0.1) is 24.4 Å². The number of hydrogen-bond donors (Lipinski definition) is 0. The number of hydrogen-bond acceptors (Lipinski definition) is 2. The maximum absolute atomic E-state index is 5.77. The lowest BCUT2D eigenvalue weighted by atomic mass is 9.75. The molecule has 2 saturated heterocycles. The van der Waals surface area contributed by atoms with Gasteiger partial charge in [-0.1, -0.05) is 12.5 Å². The summed E-state index contributed by atoms with van der Waals surface area (Å²) in [5.74, 6) is 2.39. The van der Waals surface area contributed by atoms with E-state index in [1.165, 1.54) is 44.9 Å². The van der Waals surface area contributed by atoms with E-state index in [0.717, 1.165) is 17.8 Å². The van der Waals surface area contributed by atoms with Gasteiger partial charge in [-0.2, -0.15) is 0 Å². The molecule has 2 nitrogen and oxygen atoms in total. The Morgan fingerprint density at radius 3 is 2.44 bits per heavy atom. The molecule has 7 unspecified atom stereocenters. The van der Waals surface area contributed by atoms with Crippen molar-refractivity contribution in [1.82, 2.24) is 0 Å². The lowest BCUT2D eigenvalue weighted by molar-refractivity contribution is 0.168. The van der Waals surface area contributed by atoms with Crippen LogP contribution in [0.1, 0.15) is 44.9 Å². The highest BCUT2D eigenvalue weighted by molar-refractivity contribution is 5.01. The van der Waals surface area contributed by atoms with Crippen molar-refractivity contribution in [2.75, 3.05) is 0 Å². The van der Waals surface area contributed by atoms with E-state index in [1.54, 1.807) is 0 Å². The summed E-state index contributed by atoms with van der Waals surface area (Å²) in [6.07, 6.45) is 13.8. The lowest BCUT2D eigenvalue weighted by Gasteiger charge is -2.31. The summed E-state index contributed by atoms with van der Waals surface area (Å²) in [7, 11) is 0. The van der Waals surface area contributed by atoms with Crippen LogP contribution >= 0.6 is 0 Å². The summed E-state index contributed by atoms with van der Waals surface area (Å²) < 4.78 is 11.5. The van der Waals surface area contributed by atoms with E-state index in [1.807, 2.05) is 0 Å². The predicted molar refractivity (Wildman–Crippen MR) is 70.3 cm³/mol. The van der Waals surface area contributed by atoms with Crippen LogP contribution in [0.15, 0.2) is 12.7 Å². The molecule has 0 spiro atoms. The Morgan fingerprint density at radius 2 is 1.61 bits per heavy atom. The Balaban J connectivity index is 1.50. The second kappa shape index (κ2) is 4.35. The SMILES string of the molecule is C=CC1CCC2OC2CC1C1CCCC2OC2C1. The van der Waals surface area contributed by atoms with Crippen LogP contribution in [-0.4, -0.2) is 24.4 Å². The van der Waals surface area contributed by atoms with Crippen LogP contribution in [-0.2, 0) is 9.47 Å². The van der Waals surface area contributed by atoms with Gasteiger partial charge in [0.15, 0.2) is 0 Å². The van der Waals surface area contributed by atoms with E-state index in [9.17, 15) is 0 Å². The van der Waals surface area contributed by atoms with Crippen molar-refractivity contribution in [3.8, 4) is 0 Å². The zero-order valence-corrected chi connectivity index (χ0v) is 11.1. The molecule has 4 rings (SSSR count). The van der Waals surface area contributed by atoms with Crippen LogP contribution in [0, 0.1) is 17.8 Å². The second-order valence-electron chi connectivity index (χ2n) is 6.73. The summed E-state index contributed by atoms with van der Waals surface area (Å²) >= 11 is 0. The summed E-state index contributed by atoms with van der Waals surface area (Å²) in [5, 5.41) is 0. The highest BCUT2D eigenvalue weighted by atomic mass is 16.6. The van der Waals surface area contributed by atoms with Crippen LogP contribution in [0.25, 0.3) is 0 Å². The first-order valence-corrected chi connectivity index (χ1v) is 7.78. The second-order valence-corrected chi connectivity index (χ2v) is 6.73. The van der Waals surface area contributed by atoms with Crippen LogP contribution in [0.3, 0.4) is 0 Å². The molecule has 0 N–H and O–H groups in total. The van der Waals surface area contributed by atoms with Gasteiger partial charge in [0.25, 0.3) is 0 Å². The topological polar surface area (TPSA) is 25.1 Å². The molecule has 2 aliphatic carbocycles. The van der Waals surface area contributed by atoms with E-state index in [-0.39, 0.29) is 0 Å². The van der Waals surface area contributed by atoms with Gasteiger partial charge in [0, 0.05) is 0 Å². The quantitative estimate of drug-likeness (QED) is 0.553. The van der Waals surface area contributed by atoms with Crippen molar-refractivity contribution in [1.29, 1.82) is 0 Å². The first-order valence-electron chi connectivity index (χ1n) is 7.78.